The molecule has 0 spiro atoms. The molecular formula is C20H20N2O3. The molecule has 0 saturated carbocycles. The molecular weight excluding hydrogens is 316 g/mol. The van der Waals surface area contributed by atoms with Crippen LogP contribution in [0.5, 0.6) is 5.75 Å². The number of hydrogen-bond acceptors (Lipinski definition) is 4. The molecule has 1 N–H and O–H groups in total. The number of para-hydroxylation sites is 2. The molecule has 5 heteroatoms. The first kappa shape index (κ1) is 15.7. The number of carbonyl (C=O) groups excluding carboxylic acids is 1. The maximum absolute atomic E-state index is 12.9. The van der Waals surface area contributed by atoms with Crippen LogP contribution in [0, 0.1) is 0 Å². The van der Waals surface area contributed by atoms with Gasteiger partial charge in [0.1, 0.15) is 17.9 Å². The molecule has 3 aromatic rings. The fraction of sp³-hybridized carbons (Fsp3) is 0.250. The molecule has 1 aliphatic heterocycles. The van der Waals surface area contributed by atoms with Crippen molar-refractivity contribution in [1.29, 1.82) is 0 Å². The Morgan fingerprint density at radius 1 is 1.16 bits per heavy atom. The monoisotopic (exact) mass is 336 g/mol. The van der Waals surface area contributed by atoms with Gasteiger partial charge in [0, 0.05) is 23.1 Å². The summed E-state index contributed by atoms with van der Waals surface area (Å²) in [6, 6.07) is 15.4. The third kappa shape index (κ3) is 2.87. The summed E-state index contributed by atoms with van der Waals surface area (Å²) in [5.41, 5.74) is 2.64. The maximum Gasteiger partial charge on any atom is 0.287 e. The second kappa shape index (κ2) is 6.26. The standard InChI is InChI=1S/C20H20N2O3/c1-22(2)11-15-13-7-3-6-10-18(13)25-19(15)20(23)21-16-12-24-17-9-5-4-8-14(16)17/h3-10,16H,11-12H2,1-2H3,(H,21,23)/t16-/m1/s1. The SMILES string of the molecule is CN(C)Cc1c(C(=O)N[C@@H]2COc3ccccc32)oc2ccccc12. The molecule has 2 heterocycles. The minimum Gasteiger partial charge on any atom is -0.491 e. The molecule has 0 radical (unpaired) electrons. The minimum absolute atomic E-state index is 0.163. The van der Waals surface area contributed by atoms with Crippen LogP contribution < -0.4 is 10.1 Å². The van der Waals surface area contributed by atoms with Crippen molar-refractivity contribution in [2.24, 2.45) is 0 Å². The Kier molecular flexibility index (Phi) is 3.93. The van der Waals surface area contributed by atoms with Crippen LogP contribution in [-0.4, -0.2) is 31.5 Å². The number of amides is 1. The van der Waals surface area contributed by atoms with Crippen molar-refractivity contribution in [3.05, 3.63) is 65.4 Å². The zero-order chi connectivity index (χ0) is 17.4. The number of fused-ring (bicyclic) bond motifs is 2. The molecule has 0 aliphatic carbocycles. The zero-order valence-corrected chi connectivity index (χ0v) is 14.3. The highest BCUT2D eigenvalue weighted by atomic mass is 16.5. The van der Waals surface area contributed by atoms with Gasteiger partial charge in [-0.25, -0.2) is 0 Å². The summed E-state index contributed by atoms with van der Waals surface area (Å²) in [7, 11) is 3.95. The van der Waals surface area contributed by atoms with Crippen LogP contribution in [0.15, 0.2) is 52.9 Å². The third-order valence-corrected chi connectivity index (χ3v) is 4.38. The summed E-state index contributed by atoms with van der Waals surface area (Å²) in [6.45, 7) is 1.08. The van der Waals surface area contributed by atoms with Gasteiger partial charge in [0.2, 0.25) is 0 Å². The molecule has 0 unspecified atom stereocenters. The van der Waals surface area contributed by atoms with E-state index in [1.165, 1.54) is 0 Å². The Hall–Kier alpha value is -2.79. The van der Waals surface area contributed by atoms with Gasteiger partial charge in [0.15, 0.2) is 5.76 Å². The molecule has 1 aromatic heterocycles. The first-order valence-corrected chi connectivity index (χ1v) is 8.31. The highest BCUT2D eigenvalue weighted by Gasteiger charge is 2.28. The van der Waals surface area contributed by atoms with Gasteiger partial charge >= 0.3 is 0 Å². The summed E-state index contributed by atoms with van der Waals surface area (Å²) in [5, 5.41) is 4.03. The zero-order valence-electron chi connectivity index (χ0n) is 14.3. The third-order valence-electron chi connectivity index (χ3n) is 4.38. The van der Waals surface area contributed by atoms with Gasteiger partial charge in [0.05, 0.1) is 6.04 Å². The molecule has 0 saturated heterocycles. The van der Waals surface area contributed by atoms with Gasteiger partial charge in [-0.3, -0.25) is 4.79 Å². The Morgan fingerprint density at radius 2 is 1.92 bits per heavy atom. The Balaban J connectivity index is 1.66. The van der Waals surface area contributed by atoms with E-state index < -0.39 is 0 Å². The van der Waals surface area contributed by atoms with Crippen molar-refractivity contribution in [3.63, 3.8) is 0 Å². The number of nitrogens with zero attached hydrogens (tertiary/aromatic N) is 1. The number of nitrogens with one attached hydrogen (secondary N) is 1. The largest absolute Gasteiger partial charge is 0.491 e. The summed E-state index contributed by atoms with van der Waals surface area (Å²) in [5.74, 6) is 0.989. The Labute approximate surface area is 146 Å². The van der Waals surface area contributed by atoms with E-state index in [2.05, 4.69) is 5.32 Å². The first-order chi connectivity index (χ1) is 12.1. The lowest BCUT2D eigenvalue weighted by molar-refractivity contribution is 0.0902. The number of ether oxygens (including phenoxy) is 1. The van der Waals surface area contributed by atoms with E-state index in [4.69, 9.17) is 9.15 Å². The predicted molar refractivity (Wildman–Crippen MR) is 95.7 cm³/mol. The van der Waals surface area contributed by atoms with Gasteiger partial charge in [-0.15, -0.1) is 0 Å². The van der Waals surface area contributed by atoms with E-state index in [9.17, 15) is 4.79 Å². The first-order valence-electron chi connectivity index (χ1n) is 8.31. The number of hydrogen-bond donors (Lipinski definition) is 1. The van der Waals surface area contributed by atoms with Crippen molar-refractivity contribution < 1.29 is 13.9 Å². The number of furan rings is 1. The number of carbonyl (C=O) groups is 1. The molecule has 2 aromatic carbocycles. The lowest BCUT2D eigenvalue weighted by Gasteiger charge is -2.13. The van der Waals surface area contributed by atoms with E-state index in [-0.39, 0.29) is 11.9 Å². The predicted octanol–water partition coefficient (Wildman–Crippen LogP) is 3.36. The second-order valence-corrected chi connectivity index (χ2v) is 6.52. The van der Waals surface area contributed by atoms with Crippen LogP contribution >= 0.6 is 0 Å². The van der Waals surface area contributed by atoms with Crippen molar-refractivity contribution in [3.8, 4) is 5.75 Å². The smallest absolute Gasteiger partial charge is 0.287 e. The second-order valence-electron chi connectivity index (χ2n) is 6.52. The highest BCUT2D eigenvalue weighted by Crippen LogP contribution is 2.33. The van der Waals surface area contributed by atoms with Gasteiger partial charge < -0.3 is 19.4 Å². The molecule has 1 amide bonds. The molecule has 0 bridgehead atoms. The molecule has 1 atom stereocenters. The number of benzene rings is 2. The van der Waals surface area contributed by atoms with Crippen LogP contribution in [0.4, 0.5) is 0 Å². The lowest BCUT2D eigenvalue weighted by atomic mass is 10.1. The van der Waals surface area contributed by atoms with Crippen molar-refractivity contribution in [2.45, 2.75) is 12.6 Å². The van der Waals surface area contributed by atoms with Crippen LogP contribution in [0.1, 0.15) is 27.7 Å². The van der Waals surface area contributed by atoms with Crippen LogP contribution in [0.25, 0.3) is 11.0 Å². The lowest BCUT2D eigenvalue weighted by Crippen LogP contribution is -2.30. The summed E-state index contributed by atoms with van der Waals surface area (Å²) >= 11 is 0. The van der Waals surface area contributed by atoms with Crippen LogP contribution in [0.3, 0.4) is 0 Å². The summed E-state index contributed by atoms with van der Waals surface area (Å²) < 4.78 is 11.5. The fourth-order valence-corrected chi connectivity index (χ4v) is 3.26. The number of rotatable bonds is 4. The molecule has 1 aliphatic rings. The maximum atomic E-state index is 12.9. The van der Waals surface area contributed by atoms with Crippen molar-refractivity contribution >= 4 is 16.9 Å². The Bertz CT molecular complexity index is 930. The van der Waals surface area contributed by atoms with Gasteiger partial charge in [0.25, 0.3) is 5.91 Å². The van der Waals surface area contributed by atoms with E-state index in [0.717, 1.165) is 27.8 Å². The van der Waals surface area contributed by atoms with Crippen LogP contribution in [-0.2, 0) is 6.54 Å². The average Bonchev–Trinajstić information content (AvgIpc) is 3.17. The van der Waals surface area contributed by atoms with E-state index in [1.54, 1.807) is 0 Å². The molecule has 5 nitrogen and oxygen atoms in total. The van der Waals surface area contributed by atoms with Gasteiger partial charge in [-0.1, -0.05) is 36.4 Å². The van der Waals surface area contributed by atoms with E-state index in [1.807, 2.05) is 67.5 Å². The Morgan fingerprint density at radius 3 is 2.76 bits per heavy atom. The van der Waals surface area contributed by atoms with Crippen LogP contribution in [0.2, 0.25) is 0 Å². The van der Waals surface area contributed by atoms with E-state index in [0.29, 0.717) is 18.9 Å². The van der Waals surface area contributed by atoms with Gasteiger partial charge in [-0.05, 0) is 26.2 Å². The molecule has 0 fully saturated rings. The summed E-state index contributed by atoms with van der Waals surface area (Å²) in [4.78, 5) is 14.9. The topological polar surface area (TPSA) is 54.7 Å². The quantitative estimate of drug-likeness (QED) is 0.794. The average molecular weight is 336 g/mol. The molecule has 128 valence electrons. The van der Waals surface area contributed by atoms with Crippen molar-refractivity contribution in [2.75, 3.05) is 20.7 Å². The summed E-state index contributed by atoms with van der Waals surface area (Å²) in [6.07, 6.45) is 0. The molecule has 4 rings (SSSR count). The minimum atomic E-state index is -0.210. The normalized spacial score (nSPS) is 16.0. The van der Waals surface area contributed by atoms with Gasteiger partial charge in [-0.2, -0.15) is 0 Å². The van der Waals surface area contributed by atoms with E-state index >= 15 is 0 Å². The fourth-order valence-electron chi connectivity index (χ4n) is 3.26. The highest BCUT2D eigenvalue weighted by molar-refractivity contribution is 5.99. The van der Waals surface area contributed by atoms with Crippen molar-refractivity contribution in [1.82, 2.24) is 10.2 Å². The molecule has 25 heavy (non-hydrogen) atoms.